The Balaban J connectivity index is 1.35. The fourth-order valence-corrected chi connectivity index (χ4v) is 2.88. The Morgan fingerprint density at radius 3 is 2.29 bits per heavy atom. The molecule has 1 fully saturated rings. The number of nitrogens with one attached hydrogen (secondary N) is 3. The van der Waals surface area contributed by atoms with Gasteiger partial charge in [-0.25, -0.2) is 19.2 Å². The molecule has 0 unspecified atom stereocenters. The van der Waals surface area contributed by atoms with Crippen molar-refractivity contribution in [2.75, 3.05) is 16.0 Å². The van der Waals surface area contributed by atoms with E-state index >= 15 is 0 Å². The quantitative estimate of drug-likeness (QED) is 0.413. The minimum Gasteiger partial charge on any atom is -0.439 e. The third-order valence-electron chi connectivity index (χ3n) is 4.66. The number of ether oxygens (including phenoxy) is 1. The molecule has 1 aliphatic rings. The van der Waals surface area contributed by atoms with E-state index in [2.05, 4.69) is 25.9 Å². The Morgan fingerprint density at radius 2 is 1.62 bits per heavy atom. The Hall–Kier alpha value is -4.22. The molecule has 2 aromatic carbocycles. The molecular formula is C22H17F4N5O3. The average Bonchev–Trinajstić information content (AvgIpc) is 3.60. The van der Waals surface area contributed by atoms with Crippen molar-refractivity contribution in [1.82, 2.24) is 9.97 Å². The highest BCUT2D eigenvalue weighted by atomic mass is 19.4. The summed E-state index contributed by atoms with van der Waals surface area (Å²) in [5, 5.41) is 7.27. The third-order valence-corrected chi connectivity index (χ3v) is 4.66. The molecule has 0 atom stereocenters. The van der Waals surface area contributed by atoms with Crippen LogP contribution in [0.1, 0.15) is 18.4 Å². The second-order valence-electron chi connectivity index (χ2n) is 7.44. The molecule has 8 nitrogen and oxygen atoms in total. The van der Waals surface area contributed by atoms with Crippen LogP contribution in [-0.2, 0) is 11.0 Å². The zero-order valence-electron chi connectivity index (χ0n) is 17.3. The normalized spacial score (nSPS) is 13.2. The highest BCUT2D eigenvalue weighted by Crippen LogP contribution is 2.32. The van der Waals surface area contributed by atoms with E-state index in [1.807, 2.05) is 0 Å². The van der Waals surface area contributed by atoms with Crippen molar-refractivity contribution in [2.45, 2.75) is 19.0 Å². The Bertz CT molecular complexity index is 1210. The lowest BCUT2D eigenvalue weighted by Gasteiger charge is -2.12. The van der Waals surface area contributed by atoms with Crippen LogP contribution in [0.2, 0.25) is 0 Å². The van der Waals surface area contributed by atoms with Crippen molar-refractivity contribution in [3.05, 3.63) is 66.2 Å². The monoisotopic (exact) mass is 475 g/mol. The van der Waals surface area contributed by atoms with Gasteiger partial charge in [-0.3, -0.25) is 4.79 Å². The van der Waals surface area contributed by atoms with Crippen LogP contribution in [0.5, 0.6) is 11.6 Å². The van der Waals surface area contributed by atoms with Crippen LogP contribution in [0.15, 0.2) is 54.9 Å². The van der Waals surface area contributed by atoms with E-state index in [0.29, 0.717) is 29.4 Å². The number of nitrogens with zero attached hydrogens (tertiary/aromatic N) is 2. The second kappa shape index (κ2) is 9.33. The van der Waals surface area contributed by atoms with Crippen molar-refractivity contribution in [3.8, 4) is 11.6 Å². The van der Waals surface area contributed by atoms with Crippen LogP contribution in [0.3, 0.4) is 0 Å². The molecular weight excluding hydrogens is 458 g/mol. The van der Waals surface area contributed by atoms with Crippen molar-refractivity contribution in [1.29, 1.82) is 0 Å². The zero-order chi connectivity index (χ0) is 24.3. The van der Waals surface area contributed by atoms with Crippen LogP contribution in [0, 0.1) is 11.7 Å². The first-order valence-electron chi connectivity index (χ1n) is 10.0. The SMILES string of the molecule is O=C(Nc1ccc(Oc2cc(NC(=O)C3CC3)ncn2)cc1)Nc1cc(F)cc(C(F)(F)F)c1. The molecule has 0 saturated heterocycles. The first kappa shape index (κ1) is 23.0. The molecule has 3 N–H and O–H groups in total. The van der Waals surface area contributed by atoms with Crippen molar-refractivity contribution in [2.24, 2.45) is 5.92 Å². The fourth-order valence-electron chi connectivity index (χ4n) is 2.88. The predicted octanol–water partition coefficient (Wildman–Crippen LogP) is 5.42. The van der Waals surface area contributed by atoms with Gasteiger partial charge in [-0.15, -0.1) is 0 Å². The molecule has 0 radical (unpaired) electrons. The maximum Gasteiger partial charge on any atom is 0.416 e. The van der Waals surface area contributed by atoms with Gasteiger partial charge in [-0.2, -0.15) is 13.2 Å². The van der Waals surface area contributed by atoms with Gasteiger partial charge >= 0.3 is 12.2 Å². The summed E-state index contributed by atoms with van der Waals surface area (Å²) in [4.78, 5) is 31.9. The number of alkyl halides is 3. The lowest BCUT2D eigenvalue weighted by Crippen LogP contribution is -2.20. The summed E-state index contributed by atoms with van der Waals surface area (Å²) in [6.45, 7) is 0. The van der Waals surface area contributed by atoms with Gasteiger partial charge in [0.1, 0.15) is 23.7 Å². The first-order chi connectivity index (χ1) is 16.2. The number of aromatic nitrogens is 2. The molecule has 1 aromatic heterocycles. The highest BCUT2D eigenvalue weighted by Gasteiger charge is 2.31. The maximum atomic E-state index is 13.5. The lowest BCUT2D eigenvalue weighted by molar-refractivity contribution is -0.137. The smallest absolute Gasteiger partial charge is 0.416 e. The van der Waals surface area contributed by atoms with Crippen LogP contribution in [-0.4, -0.2) is 21.9 Å². The Kier molecular flexibility index (Phi) is 6.30. The van der Waals surface area contributed by atoms with Crippen molar-refractivity contribution >= 4 is 29.1 Å². The average molecular weight is 475 g/mol. The van der Waals surface area contributed by atoms with E-state index in [1.165, 1.54) is 36.7 Å². The van der Waals surface area contributed by atoms with E-state index in [9.17, 15) is 27.2 Å². The minimum atomic E-state index is -4.75. The standard InChI is InChI=1S/C22H17F4N5O3/c23-14-7-13(22(24,25)26)8-16(9-14)30-21(33)29-15-3-5-17(6-4-15)34-19-10-18(27-11-28-19)31-20(32)12-1-2-12/h3-12H,1-2H2,(H2,29,30,33)(H,27,28,31,32). The van der Waals surface area contributed by atoms with E-state index in [1.54, 1.807) is 0 Å². The van der Waals surface area contributed by atoms with Gasteiger partial charge in [-0.1, -0.05) is 0 Å². The molecule has 0 aliphatic heterocycles. The zero-order valence-corrected chi connectivity index (χ0v) is 17.3. The minimum absolute atomic E-state index is 0.0178. The number of amides is 3. The first-order valence-corrected chi connectivity index (χ1v) is 10.0. The van der Waals surface area contributed by atoms with Crippen molar-refractivity contribution in [3.63, 3.8) is 0 Å². The van der Waals surface area contributed by atoms with Crippen LogP contribution in [0.4, 0.5) is 39.5 Å². The summed E-state index contributed by atoms with van der Waals surface area (Å²) in [6.07, 6.45) is -1.79. The van der Waals surface area contributed by atoms with Crippen LogP contribution in [0.25, 0.3) is 0 Å². The topological polar surface area (TPSA) is 105 Å². The van der Waals surface area contributed by atoms with Gasteiger partial charge in [0.05, 0.1) is 5.56 Å². The fraction of sp³-hybridized carbons (Fsp3) is 0.182. The van der Waals surface area contributed by atoms with Gasteiger partial charge < -0.3 is 20.7 Å². The number of urea groups is 1. The number of anilines is 3. The summed E-state index contributed by atoms with van der Waals surface area (Å²) in [7, 11) is 0. The predicted molar refractivity (Wildman–Crippen MR) is 114 cm³/mol. The lowest BCUT2D eigenvalue weighted by atomic mass is 10.2. The molecule has 1 saturated carbocycles. The summed E-state index contributed by atoms with van der Waals surface area (Å²) in [5.41, 5.74) is -1.26. The van der Waals surface area contributed by atoms with Gasteiger partial charge in [0.2, 0.25) is 11.8 Å². The number of benzene rings is 2. The van der Waals surface area contributed by atoms with Gasteiger partial charge in [0, 0.05) is 23.4 Å². The molecule has 0 spiro atoms. The van der Waals surface area contributed by atoms with Gasteiger partial charge in [0.15, 0.2) is 0 Å². The molecule has 0 bridgehead atoms. The molecule has 4 rings (SSSR count). The Morgan fingerprint density at radius 1 is 0.912 bits per heavy atom. The number of rotatable bonds is 6. The van der Waals surface area contributed by atoms with E-state index in [-0.39, 0.29) is 23.4 Å². The van der Waals surface area contributed by atoms with Gasteiger partial charge in [0.25, 0.3) is 0 Å². The molecule has 12 heteroatoms. The van der Waals surface area contributed by atoms with Gasteiger partial charge in [-0.05, 0) is 55.3 Å². The number of hydrogen-bond donors (Lipinski definition) is 3. The number of halogens is 4. The third kappa shape index (κ3) is 6.18. The second-order valence-corrected chi connectivity index (χ2v) is 7.44. The molecule has 34 heavy (non-hydrogen) atoms. The summed E-state index contributed by atoms with van der Waals surface area (Å²) >= 11 is 0. The maximum absolute atomic E-state index is 13.5. The highest BCUT2D eigenvalue weighted by molar-refractivity contribution is 5.99. The molecule has 1 aliphatic carbocycles. The van der Waals surface area contributed by atoms with Crippen LogP contribution >= 0.6 is 0 Å². The van der Waals surface area contributed by atoms with E-state index in [4.69, 9.17) is 4.74 Å². The number of carbonyl (C=O) groups excluding carboxylic acids is 2. The number of carbonyl (C=O) groups is 2. The molecule has 176 valence electrons. The summed E-state index contributed by atoms with van der Waals surface area (Å²) in [6, 6.07) is 8.35. The van der Waals surface area contributed by atoms with E-state index < -0.39 is 23.6 Å². The molecule has 1 heterocycles. The van der Waals surface area contributed by atoms with Crippen molar-refractivity contribution < 1.29 is 31.9 Å². The summed E-state index contributed by atoms with van der Waals surface area (Å²) < 4.78 is 57.5. The summed E-state index contributed by atoms with van der Waals surface area (Å²) in [5.74, 6) is -0.361. The largest absolute Gasteiger partial charge is 0.439 e. The van der Waals surface area contributed by atoms with E-state index in [0.717, 1.165) is 18.9 Å². The van der Waals surface area contributed by atoms with Crippen LogP contribution < -0.4 is 20.7 Å². The number of hydrogen-bond acceptors (Lipinski definition) is 5. The Labute approximate surface area is 190 Å². The molecule has 3 aromatic rings. The molecule has 3 amide bonds.